The summed E-state index contributed by atoms with van der Waals surface area (Å²) in [5, 5.41) is 12.3. The van der Waals surface area contributed by atoms with Crippen LogP contribution in [-0.4, -0.2) is 18.4 Å². The molecule has 0 heterocycles. The van der Waals surface area contributed by atoms with Crippen molar-refractivity contribution in [1.29, 1.82) is 0 Å². The molecule has 2 aromatic rings. The molecule has 3 N–H and O–H groups in total. The number of halogens is 2. The summed E-state index contributed by atoms with van der Waals surface area (Å²) in [6.45, 7) is 0. The van der Waals surface area contributed by atoms with Crippen LogP contribution >= 0.6 is 27.5 Å². The maximum Gasteiger partial charge on any atom is 0.234 e. The summed E-state index contributed by atoms with van der Waals surface area (Å²) in [5.74, 6) is 0.0968. The first-order valence-electron chi connectivity index (χ1n) is 6.97. The Labute approximate surface area is 153 Å². The molecule has 0 saturated carbocycles. The van der Waals surface area contributed by atoms with Gasteiger partial charge in [0.15, 0.2) is 0 Å². The first-order chi connectivity index (χ1) is 11.6. The van der Waals surface area contributed by atoms with E-state index >= 15 is 0 Å². The number of hydrogen-bond donors (Lipinski definition) is 2. The van der Waals surface area contributed by atoms with Gasteiger partial charge in [0.05, 0.1) is 6.21 Å². The Hall–Kier alpha value is -2.44. The Balaban J connectivity index is 1.80. The minimum Gasteiger partial charge on any atom is -0.367 e. The summed E-state index contributed by atoms with van der Waals surface area (Å²) >= 11 is 9.18. The molecule has 0 unspecified atom stereocenters. The van der Waals surface area contributed by atoms with E-state index in [9.17, 15) is 0 Å². The van der Waals surface area contributed by atoms with Crippen LogP contribution in [0.3, 0.4) is 0 Å². The van der Waals surface area contributed by atoms with Crippen molar-refractivity contribution >= 4 is 52.0 Å². The lowest BCUT2D eigenvalue weighted by atomic mass is 10.2. The molecule has 0 radical (unpaired) electrons. The van der Waals surface area contributed by atoms with Gasteiger partial charge >= 0.3 is 0 Å². The molecule has 0 spiro atoms. The monoisotopic (exact) mass is 403 g/mol. The fraction of sp³-hybridized carbons (Fsp3) is 0. The van der Waals surface area contributed by atoms with Gasteiger partial charge in [-0.1, -0.05) is 57.9 Å². The van der Waals surface area contributed by atoms with E-state index in [1.165, 1.54) is 6.21 Å². The van der Waals surface area contributed by atoms with E-state index in [1.807, 2.05) is 54.6 Å². The van der Waals surface area contributed by atoms with Gasteiger partial charge in [-0.25, -0.2) is 5.43 Å². The number of hydrazone groups is 1. The molecule has 2 rings (SSSR count). The van der Waals surface area contributed by atoms with Crippen LogP contribution in [0.25, 0.3) is 6.08 Å². The number of nitrogens with one attached hydrogen (secondary N) is 1. The van der Waals surface area contributed by atoms with Gasteiger partial charge in [0.25, 0.3) is 0 Å². The average Bonchev–Trinajstić information content (AvgIpc) is 2.58. The van der Waals surface area contributed by atoms with E-state index in [4.69, 9.17) is 17.3 Å². The summed E-state index contributed by atoms with van der Waals surface area (Å²) < 4.78 is 1.01. The molecule has 24 heavy (non-hydrogen) atoms. The molecule has 0 bridgehead atoms. The molecule has 5 nitrogen and oxygen atoms in total. The molecular formula is C17H15BrClN5. The van der Waals surface area contributed by atoms with Crippen molar-refractivity contribution in [3.05, 3.63) is 75.2 Å². The average molecular weight is 405 g/mol. The van der Waals surface area contributed by atoms with Crippen molar-refractivity contribution < 1.29 is 0 Å². The third kappa shape index (κ3) is 6.76. The van der Waals surface area contributed by atoms with Crippen LogP contribution in [0.5, 0.6) is 0 Å². The van der Waals surface area contributed by atoms with Crippen molar-refractivity contribution in [3.63, 3.8) is 0 Å². The highest BCUT2D eigenvalue weighted by molar-refractivity contribution is 9.10. The molecule has 0 aliphatic rings. The second-order valence-corrected chi connectivity index (χ2v) is 5.93. The normalized spacial score (nSPS) is 12.5. The maximum absolute atomic E-state index is 5.82. The SMILES string of the molecule is NC(=NN=CC=Cc1ccc(Cl)cc1)NN=Cc1ccc(Br)cc1. The third-order valence-corrected chi connectivity index (χ3v) is 3.52. The number of allylic oxidation sites excluding steroid dienone is 1. The van der Waals surface area contributed by atoms with E-state index in [2.05, 4.69) is 36.7 Å². The Kier molecular flexibility index (Phi) is 7.20. The molecular weight excluding hydrogens is 390 g/mol. The highest BCUT2D eigenvalue weighted by Gasteiger charge is 1.89. The van der Waals surface area contributed by atoms with Crippen LogP contribution in [0.15, 0.2) is 74.4 Å². The first kappa shape index (κ1) is 17.9. The maximum atomic E-state index is 5.82. The van der Waals surface area contributed by atoms with Gasteiger partial charge in [-0.05, 0) is 41.5 Å². The Morgan fingerprint density at radius 1 is 1.04 bits per heavy atom. The summed E-state index contributed by atoms with van der Waals surface area (Å²) in [6.07, 6.45) is 6.80. The topological polar surface area (TPSA) is 75.1 Å². The van der Waals surface area contributed by atoms with E-state index in [0.29, 0.717) is 5.02 Å². The zero-order valence-corrected chi connectivity index (χ0v) is 14.9. The lowest BCUT2D eigenvalue weighted by Gasteiger charge is -1.96. The van der Waals surface area contributed by atoms with Crippen LogP contribution in [0.2, 0.25) is 5.02 Å². The van der Waals surface area contributed by atoms with Gasteiger partial charge in [-0.15, -0.1) is 5.10 Å². The fourth-order valence-electron chi connectivity index (χ4n) is 1.61. The Bertz CT molecular complexity index is 765. The molecule has 0 amide bonds. The van der Waals surface area contributed by atoms with Crippen LogP contribution in [0, 0.1) is 0 Å². The summed E-state index contributed by atoms with van der Waals surface area (Å²) in [4.78, 5) is 0. The van der Waals surface area contributed by atoms with Gasteiger partial charge in [0, 0.05) is 15.7 Å². The lowest BCUT2D eigenvalue weighted by Crippen LogP contribution is -2.26. The minimum absolute atomic E-state index is 0.0968. The Morgan fingerprint density at radius 2 is 1.71 bits per heavy atom. The number of benzene rings is 2. The van der Waals surface area contributed by atoms with Gasteiger partial charge in [-0.2, -0.15) is 10.2 Å². The molecule has 0 aromatic heterocycles. The molecule has 7 heteroatoms. The smallest absolute Gasteiger partial charge is 0.234 e. The zero-order chi connectivity index (χ0) is 17.2. The predicted octanol–water partition coefficient (Wildman–Crippen LogP) is 4.04. The van der Waals surface area contributed by atoms with E-state index in [0.717, 1.165) is 15.6 Å². The van der Waals surface area contributed by atoms with Crippen molar-refractivity contribution in [1.82, 2.24) is 5.43 Å². The molecule has 0 atom stereocenters. The molecule has 0 fully saturated rings. The molecule has 2 aromatic carbocycles. The zero-order valence-electron chi connectivity index (χ0n) is 12.6. The van der Waals surface area contributed by atoms with Gasteiger partial charge in [-0.3, -0.25) is 0 Å². The molecule has 0 aliphatic heterocycles. The quantitative estimate of drug-likeness (QED) is 0.448. The van der Waals surface area contributed by atoms with Gasteiger partial charge < -0.3 is 5.73 Å². The van der Waals surface area contributed by atoms with Gasteiger partial charge in [0.2, 0.25) is 5.96 Å². The van der Waals surface area contributed by atoms with Crippen LogP contribution < -0.4 is 11.2 Å². The fourth-order valence-corrected chi connectivity index (χ4v) is 2.00. The van der Waals surface area contributed by atoms with Crippen molar-refractivity contribution in [2.45, 2.75) is 0 Å². The third-order valence-electron chi connectivity index (χ3n) is 2.74. The minimum atomic E-state index is 0.0968. The number of hydrogen-bond acceptors (Lipinski definition) is 3. The van der Waals surface area contributed by atoms with Gasteiger partial charge in [0.1, 0.15) is 0 Å². The molecule has 122 valence electrons. The highest BCUT2D eigenvalue weighted by atomic mass is 79.9. The van der Waals surface area contributed by atoms with Crippen LogP contribution in [0.4, 0.5) is 0 Å². The summed E-state index contributed by atoms with van der Waals surface area (Å²) in [5.41, 5.74) is 10.2. The standard InChI is InChI=1S/C17H15BrClN5/c18-15-7-3-14(4-8-15)12-22-24-17(20)23-21-11-1-2-13-5-9-16(19)10-6-13/h1-12H,(H3,20,23,24). The lowest BCUT2D eigenvalue weighted by molar-refractivity contribution is 0.994. The Morgan fingerprint density at radius 3 is 2.42 bits per heavy atom. The number of nitrogens with two attached hydrogens (primary N) is 1. The molecule has 0 aliphatic carbocycles. The number of guanidine groups is 1. The van der Waals surface area contributed by atoms with E-state index in [-0.39, 0.29) is 5.96 Å². The van der Waals surface area contributed by atoms with Crippen LogP contribution in [-0.2, 0) is 0 Å². The van der Waals surface area contributed by atoms with E-state index in [1.54, 1.807) is 12.3 Å². The van der Waals surface area contributed by atoms with E-state index < -0.39 is 0 Å². The number of nitrogens with zero attached hydrogens (tertiary/aromatic N) is 3. The first-order valence-corrected chi connectivity index (χ1v) is 8.14. The summed E-state index contributed by atoms with van der Waals surface area (Å²) in [7, 11) is 0. The van der Waals surface area contributed by atoms with Crippen molar-refractivity contribution in [2.75, 3.05) is 0 Å². The van der Waals surface area contributed by atoms with Crippen molar-refractivity contribution in [2.24, 2.45) is 21.0 Å². The number of rotatable bonds is 5. The highest BCUT2D eigenvalue weighted by Crippen LogP contribution is 2.10. The predicted molar refractivity (Wildman–Crippen MR) is 105 cm³/mol. The molecule has 0 saturated heterocycles. The largest absolute Gasteiger partial charge is 0.367 e. The summed E-state index contributed by atoms with van der Waals surface area (Å²) in [6, 6.07) is 15.1. The van der Waals surface area contributed by atoms with Crippen LogP contribution in [0.1, 0.15) is 11.1 Å². The van der Waals surface area contributed by atoms with Crippen molar-refractivity contribution in [3.8, 4) is 0 Å². The second kappa shape index (κ2) is 9.64. The second-order valence-electron chi connectivity index (χ2n) is 4.58.